The maximum Gasteiger partial charge on any atom is 0.250 e. The summed E-state index contributed by atoms with van der Waals surface area (Å²) >= 11 is 0. The highest BCUT2D eigenvalue weighted by Gasteiger charge is 2.30. The van der Waals surface area contributed by atoms with Gasteiger partial charge in [-0.1, -0.05) is 78.9 Å². The summed E-state index contributed by atoms with van der Waals surface area (Å²) in [6, 6.07) is 23.3. The van der Waals surface area contributed by atoms with Crippen molar-refractivity contribution in [1.29, 1.82) is 0 Å². The fourth-order valence-corrected chi connectivity index (χ4v) is 5.28. The average Bonchev–Trinajstić information content (AvgIpc) is 3.18. The molecule has 156 valence electrons. The van der Waals surface area contributed by atoms with Crippen molar-refractivity contribution in [2.75, 3.05) is 0 Å². The van der Waals surface area contributed by atoms with Crippen molar-refractivity contribution in [2.24, 2.45) is 5.92 Å². The molecule has 0 amide bonds. The molecule has 32 heavy (non-hydrogen) atoms. The smallest absolute Gasteiger partial charge is 0.250 e. The Kier molecular flexibility index (Phi) is 4.32. The molecule has 3 aromatic carbocycles. The third-order valence-corrected chi connectivity index (χ3v) is 6.72. The van der Waals surface area contributed by atoms with E-state index in [9.17, 15) is 10.1 Å². The fraction of sp³-hybridized carbons (Fsp3) is 0.143. The van der Waals surface area contributed by atoms with E-state index in [1.165, 1.54) is 32.9 Å². The molecule has 0 N–H and O–H groups in total. The normalized spacial score (nSPS) is 17.8. The molecule has 4 aromatic rings. The van der Waals surface area contributed by atoms with Crippen LogP contribution in [0.5, 0.6) is 0 Å². The molecule has 0 saturated carbocycles. The summed E-state index contributed by atoms with van der Waals surface area (Å²) in [5, 5.41) is 15.4. The average molecular weight is 418 g/mol. The van der Waals surface area contributed by atoms with Crippen LogP contribution in [0.25, 0.3) is 33.4 Å². The van der Waals surface area contributed by atoms with Crippen LogP contribution in [0.15, 0.2) is 96.2 Å². The zero-order valence-corrected chi connectivity index (χ0v) is 17.6. The number of nitro groups is 1. The van der Waals surface area contributed by atoms with Crippen LogP contribution >= 0.6 is 0 Å². The number of fused-ring (bicyclic) bond motifs is 5. The summed E-state index contributed by atoms with van der Waals surface area (Å²) < 4.78 is 2.36. The van der Waals surface area contributed by atoms with Crippen molar-refractivity contribution in [3.05, 3.63) is 118 Å². The van der Waals surface area contributed by atoms with Crippen LogP contribution < -0.4 is 0 Å². The highest BCUT2D eigenvalue weighted by molar-refractivity contribution is 6.10. The highest BCUT2D eigenvalue weighted by Crippen LogP contribution is 2.41. The van der Waals surface area contributed by atoms with E-state index in [2.05, 4.69) is 83.5 Å². The van der Waals surface area contributed by atoms with Crippen LogP contribution in [0.2, 0.25) is 0 Å². The van der Waals surface area contributed by atoms with Gasteiger partial charge in [0, 0.05) is 45.6 Å². The van der Waals surface area contributed by atoms with E-state index in [0.29, 0.717) is 12.1 Å². The predicted molar refractivity (Wildman–Crippen MR) is 129 cm³/mol. The van der Waals surface area contributed by atoms with Gasteiger partial charge in [-0.05, 0) is 30.4 Å². The van der Waals surface area contributed by atoms with Gasteiger partial charge >= 0.3 is 0 Å². The van der Waals surface area contributed by atoms with Crippen molar-refractivity contribution < 1.29 is 4.92 Å². The third kappa shape index (κ3) is 2.83. The summed E-state index contributed by atoms with van der Waals surface area (Å²) in [4.78, 5) is 11.5. The molecule has 1 atom stereocenters. The number of hydrogen-bond acceptors (Lipinski definition) is 2. The Balaban J connectivity index is 1.62. The maximum absolute atomic E-state index is 11.7. The van der Waals surface area contributed by atoms with Gasteiger partial charge in [0.15, 0.2) is 0 Å². The van der Waals surface area contributed by atoms with E-state index in [1.54, 1.807) is 0 Å². The molecule has 0 spiro atoms. The zero-order chi connectivity index (χ0) is 21.7. The molecule has 2 aliphatic rings. The van der Waals surface area contributed by atoms with Crippen LogP contribution in [0, 0.1) is 16.0 Å². The summed E-state index contributed by atoms with van der Waals surface area (Å²) in [6.45, 7) is 0. The first-order valence-corrected chi connectivity index (χ1v) is 11.0. The van der Waals surface area contributed by atoms with Gasteiger partial charge in [-0.25, -0.2) is 0 Å². The van der Waals surface area contributed by atoms with Crippen molar-refractivity contribution in [3.8, 4) is 5.69 Å². The van der Waals surface area contributed by atoms with Gasteiger partial charge in [0.25, 0.3) is 0 Å². The second-order valence-electron chi connectivity index (χ2n) is 8.48. The first kappa shape index (κ1) is 18.8. The zero-order valence-electron chi connectivity index (χ0n) is 17.6. The van der Waals surface area contributed by atoms with Gasteiger partial charge in [-0.3, -0.25) is 10.1 Å². The summed E-state index contributed by atoms with van der Waals surface area (Å²) in [5.74, 6) is -0.00233. The fourth-order valence-electron chi connectivity index (χ4n) is 5.28. The van der Waals surface area contributed by atoms with Crippen molar-refractivity contribution in [1.82, 2.24) is 4.57 Å². The molecule has 2 aliphatic carbocycles. The maximum atomic E-state index is 11.7. The Morgan fingerprint density at radius 3 is 2.56 bits per heavy atom. The number of rotatable bonds is 3. The molecule has 1 unspecified atom stereocenters. The first-order chi connectivity index (χ1) is 15.7. The second kappa shape index (κ2) is 7.34. The summed E-state index contributed by atoms with van der Waals surface area (Å²) in [5.41, 5.74) is 5.95. The van der Waals surface area contributed by atoms with Crippen molar-refractivity contribution >= 4 is 27.8 Å². The van der Waals surface area contributed by atoms with Crippen LogP contribution in [-0.2, 0) is 6.42 Å². The van der Waals surface area contributed by atoms with Gasteiger partial charge < -0.3 is 4.57 Å². The van der Waals surface area contributed by atoms with Gasteiger partial charge in [-0.15, -0.1) is 0 Å². The van der Waals surface area contributed by atoms with Gasteiger partial charge in [0.05, 0.1) is 10.4 Å². The summed E-state index contributed by atoms with van der Waals surface area (Å²) in [6.07, 6.45) is 10.3. The molecule has 1 heterocycles. The Morgan fingerprint density at radius 1 is 0.906 bits per heavy atom. The molecule has 0 aliphatic heterocycles. The van der Waals surface area contributed by atoms with Crippen molar-refractivity contribution in [2.45, 2.75) is 19.3 Å². The minimum absolute atomic E-state index is 0.00233. The molecular formula is C28H22N2O2. The van der Waals surface area contributed by atoms with E-state index >= 15 is 0 Å². The molecule has 1 aromatic heterocycles. The molecule has 6 rings (SSSR count). The topological polar surface area (TPSA) is 48.1 Å². The Hall–Kier alpha value is -3.92. The lowest BCUT2D eigenvalue weighted by Crippen LogP contribution is -2.17. The molecular weight excluding hydrogens is 396 g/mol. The Morgan fingerprint density at radius 2 is 1.72 bits per heavy atom. The van der Waals surface area contributed by atoms with E-state index in [-0.39, 0.29) is 10.8 Å². The Labute approximate surface area is 185 Å². The third-order valence-electron chi connectivity index (χ3n) is 6.72. The lowest BCUT2D eigenvalue weighted by atomic mass is 9.84. The molecule has 0 radical (unpaired) electrons. The van der Waals surface area contributed by atoms with Crippen LogP contribution in [0.1, 0.15) is 24.1 Å². The van der Waals surface area contributed by atoms with E-state index < -0.39 is 0 Å². The Bertz CT molecular complexity index is 1470. The standard InChI is InChI=1S/C28H22N2O2/c31-30(32)26-13-7-6-11-22(26)20-15-16-24-25-17-14-19-8-4-5-12-23(19)28(25)29(27(24)18-20)21-9-2-1-3-10-21/h1-6,8-12,14-17,20H,7,13,18H2. The molecule has 0 bridgehead atoms. The van der Waals surface area contributed by atoms with Gasteiger partial charge in [0.2, 0.25) is 5.70 Å². The minimum atomic E-state index is -0.192. The molecule has 4 heteroatoms. The highest BCUT2D eigenvalue weighted by atomic mass is 16.6. The SMILES string of the molecule is O=[N+]([O-])C1=C(C2C=Cc3c(n(-c4ccccc4)c4c3ccc3ccccc34)C2)C=CCC1. The monoisotopic (exact) mass is 418 g/mol. The van der Waals surface area contributed by atoms with E-state index in [0.717, 1.165) is 24.1 Å². The number of benzene rings is 3. The molecule has 4 nitrogen and oxygen atoms in total. The van der Waals surface area contributed by atoms with Crippen LogP contribution in [0.3, 0.4) is 0 Å². The lowest BCUT2D eigenvalue weighted by molar-refractivity contribution is -0.429. The quantitative estimate of drug-likeness (QED) is 0.270. The second-order valence-corrected chi connectivity index (χ2v) is 8.48. The number of para-hydroxylation sites is 1. The largest absolute Gasteiger partial charge is 0.312 e. The van der Waals surface area contributed by atoms with Gasteiger partial charge in [-0.2, -0.15) is 0 Å². The van der Waals surface area contributed by atoms with Crippen LogP contribution in [-0.4, -0.2) is 9.49 Å². The van der Waals surface area contributed by atoms with Crippen molar-refractivity contribution in [3.63, 3.8) is 0 Å². The van der Waals surface area contributed by atoms with E-state index in [1.807, 2.05) is 12.1 Å². The minimum Gasteiger partial charge on any atom is -0.312 e. The summed E-state index contributed by atoms with van der Waals surface area (Å²) in [7, 11) is 0. The van der Waals surface area contributed by atoms with Crippen LogP contribution in [0.4, 0.5) is 0 Å². The predicted octanol–water partition coefficient (Wildman–Crippen LogP) is 6.85. The molecule has 0 saturated heterocycles. The number of allylic oxidation sites excluding steroid dienone is 5. The molecule has 0 fully saturated rings. The number of nitrogens with zero attached hydrogens (tertiary/aromatic N) is 2. The lowest BCUT2D eigenvalue weighted by Gasteiger charge is -2.22. The number of aromatic nitrogens is 1. The first-order valence-electron chi connectivity index (χ1n) is 11.0. The number of hydrogen-bond donors (Lipinski definition) is 0. The van der Waals surface area contributed by atoms with Gasteiger partial charge in [0.1, 0.15) is 0 Å². The van der Waals surface area contributed by atoms with E-state index in [4.69, 9.17) is 0 Å².